The molecule has 1 aromatic heterocycles. The molecule has 1 saturated heterocycles. The number of morpholine rings is 1. The molecule has 0 aromatic carbocycles. The quantitative estimate of drug-likeness (QED) is 0.751. The first-order chi connectivity index (χ1) is 10.1. The highest BCUT2D eigenvalue weighted by Crippen LogP contribution is 2.19. The summed E-state index contributed by atoms with van der Waals surface area (Å²) in [6, 6.07) is 0. The van der Waals surface area contributed by atoms with E-state index in [0.29, 0.717) is 25.6 Å². The first-order valence-corrected chi connectivity index (χ1v) is 7.00. The zero-order valence-electron chi connectivity index (χ0n) is 12.6. The van der Waals surface area contributed by atoms with Crippen LogP contribution in [0.4, 0.5) is 5.82 Å². The number of rotatable bonds is 5. The molecule has 0 amide bonds. The molecule has 0 bridgehead atoms. The molecule has 0 radical (unpaired) electrons. The topological polar surface area (TPSA) is 73.8 Å². The summed E-state index contributed by atoms with van der Waals surface area (Å²) in [5.41, 5.74) is 0. The summed E-state index contributed by atoms with van der Waals surface area (Å²) in [5.74, 6) is 0.953. The molecule has 1 fully saturated rings. The van der Waals surface area contributed by atoms with Gasteiger partial charge in [0.25, 0.3) is 0 Å². The molecule has 1 aliphatic rings. The second-order valence-corrected chi connectivity index (χ2v) is 5.10. The van der Waals surface area contributed by atoms with E-state index >= 15 is 0 Å². The number of hydrogen-bond acceptors (Lipinski definition) is 7. The molecule has 0 spiro atoms. The van der Waals surface area contributed by atoms with Crippen LogP contribution in [0.1, 0.15) is 20.3 Å². The second-order valence-electron chi connectivity index (χ2n) is 5.10. The van der Waals surface area contributed by atoms with Crippen molar-refractivity contribution >= 4 is 11.8 Å². The molecule has 116 valence electrons. The largest absolute Gasteiger partial charge is 0.474 e. The third-order valence-corrected chi connectivity index (χ3v) is 3.04. The van der Waals surface area contributed by atoms with E-state index in [1.165, 1.54) is 7.11 Å². The predicted molar refractivity (Wildman–Crippen MR) is 76.4 cm³/mol. The molecule has 0 N–H and O–H groups in total. The summed E-state index contributed by atoms with van der Waals surface area (Å²) in [6.45, 7) is 5.70. The number of hydrogen-bond donors (Lipinski definition) is 0. The van der Waals surface area contributed by atoms with Crippen LogP contribution in [0.15, 0.2) is 12.4 Å². The predicted octanol–water partition coefficient (Wildman–Crippen LogP) is 1.03. The van der Waals surface area contributed by atoms with Crippen molar-refractivity contribution in [1.82, 2.24) is 9.97 Å². The molecule has 1 aliphatic heterocycles. The molecule has 2 rings (SSSR count). The van der Waals surface area contributed by atoms with Gasteiger partial charge in [0.05, 0.1) is 44.7 Å². The van der Waals surface area contributed by atoms with Crippen molar-refractivity contribution in [1.29, 1.82) is 0 Å². The van der Waals surface area contributed by atoms with E-state index in [1.807, 2.05) is 18.7 Å². The molecule has 2 heterocycles. The highest BCUT2D eigenvalue weighted by atomic mass is 16.5. The maximum atomic E-state index is 11.3. The Labute approximate surface area is 124 Å². The summed E-state index contributed by atoms with van der Waals surface area (Å²) in [5, 5.41) is 0. The highest BCUT2D eigenvalue weighted by molar-refractivity contribution is 5.69. The second kappa shape index (κ2) is 7.21. The summed E-state index contributed by atoms with van der Waals surface area (Å²) >= 11 is 0. The fourth-order valence-electron chi connectivity index (χ4n) is 2.11. The minimum Gasteiger partial charge on any atom is -0.474 e. The van der Waals surface area contributed by atoms with E-state index < -0.39 is 0 Å². The van der Waals surface area contributed by atoms with Crippen LogP contribution >= 0.6 is 0 Å². The van der Waals surface area contributed by atoms with Crippen molar-refractivity contribution in [2.75, 3.05) is 31.7 Å². The smallest absolute Gasteiger partial charge is 0.308 e. The van der Waals surface area contributed by atoms with E-state index in [0.717, 1.165) is 5.82 Å². The first kappa shape index (κ1) is 15.5. The van der Waals surface area contributed by atoms with Crippen LogP contribution in [0.5, 0.6) is 5.88 Å². The minimum absolute atomic E-state index is 0.0475. The Morgan fingerprint density at radius 2 is 2.33 bits per heavy atom. The maximum Gasteiger partial charge on any atom is 0.308 e. The van der Waals surface area contributed by atoms with Gasteiger partial charge < -0.3 is 19.1 Å². The normalized spacial score (nSPS) is 18.7. The average molecular weight is 295 g/mol. The van der Waals surface area contributed by atoms with Crippen molar-refractivity contribution in [3.63, 3.8) is 0 Å². The number of anilines is 1. The van der Waals surface area contributed by atoms with Crippen molar-refractivity contribution in [3.05, 3.63) is 12.4 Å². The van der Waals surface area contributed by atoms with Gasteiger partial charge in [-0.2, -0.15) is 4.98 Å². The number of nitrogens with zero attached hydrogens (tertiary/aromatic N) is 3. The molecule has 1 atom stereocenters. The van der Waals surface area contributed by atoms with Gasteiger partial charge in [-0.3, -0.25) is 9.78 Å². The minimum atomic E-state index is -0.273. The van der Waals surface area contributed by atoms with Gasteiger partial charge in [-0.05, 0) is 13.8 Å². The van der Waals surface area contributed by atoms with Gasteiger partial charge in [0.2, 0.25) is 5.88 Å². The number of ether oxygens (including phenoxy) is 3. The Balaban J connectivity index is 2.02. The Morgan fingerprint density at radius 1 is 1.52 bits per heavy atom. The van der Waals surface area contributed by atoms with Crippen LogP contribution in [0.25, 0.3) is 0 Å². The molecule has 0 aliphatic carbocycles. The molecule has 7 heteroatoms. The molecule has 7 nitrogen and oxygen atoms in total. The van der Waals surface area contributed by atoms with E-state index in [-0.39, 0.29) is 24.6 Å². The van der Waals surface area contributed by atoms with Crippen molar-refractivity contribution in [2.45, 2.75) is 32.5 Å². The zero-order valence-corrected chi connectivity index (χ0v) is 12.6. The molecular formula is C14H21N3O4. The van der Waals surface area contributed by atoms with Crippen LogP contribution in [0.2, 0.25) is 0 Å². The van der Waals surface area contributed by atoms with Crippen LogP contribution < -0.4 is 9.64 Å². The first-order valence-electron chi connectivity index (χ1n) is 7.00. The van der Waals surface area contributed by atoms with E-state index in [2.05, 4.69) is 14.7 Å². The highest BCUT2D eigenvalue weighted by Gasteiger charge is 2.24. The van der Waals surface area contributed by atoms with Crippen molar-refractivity contribution in [3.8, 4) is 5.88 Å². The lowest BCUT2D eigenvalue weighted by Gasteiger charge is -2.33. The van der Waals surface area contributed by atoms with Gasteiger partial charge in [-0.25, -0.2) is 0 Å². The maximum absolute atomic E-state index is 11.3. The molecule has 0 saturated carbocycles. The zero-order chi connectivity index (χ0) is 15.2. The summed E-state index contributed by atoms with van der Waals surface area (Å²) in [4.78, 5) is 22.0. The van der Waals surface area contributed by atoms with Gasteiger partial charge in [0.15, 0.2) is 5.82 Å². The van der Waals surface area contributed by atoms with Gasteiger partial charge in [0, 0.05) is 13.1 Å². The van der Waals surface area contributed by atoms with Gasteiger partial charge in [-0.1, -0.05) is 0 Å². The molecule has 21 heavy (non-hydrogen) atoms. The Kier molecular flexibility index (Phi) is 5.32. The van der Waals surface area contributed by atoms with Crippen LogP contribution in [-0.4, -0.2) is 55.0 Å². The Bertz CT molecular complexity index is 481. The summed E-state index contributed by atoms with van der Waals surface area (Å²) in [7, 11) is 1.38. The summed E-state index contributed by atoms with van der Waals surface area (Å²) < 4.78 is 15.8. The number of aromatic nitrogens is 2. The third-order valence-electron chi connectivity index (χ3n) is 3.04. The monoisotopic (exact) mass is 295 g/mol. The van der Waals surface area contributed by atoms with Gasteiger partial charge >= 0.3 is 5.97 Å². The lowest BCUT2D eigenvalue weighted by Crippen LogP contribution is -2.43. The lowest BCUT2D eigenvalue weighted by molar-refractivity contribution is -0.144. The lowest BCUT2D eigenvalue weighted by atomic mass is 10.2. The number of carbonyl (C=O) groups is 1. The van der Waals surface area contributed by atoms with Crippen molar-refractivity contribution in [2.24, 2.45) is 0 Å². The van der Waals surface area contributed by atoms with Crippen LogP contribution in [-0.2, 0) is 14.3 Å². The average Bonchev–Trinajstić information content (AvgIpc) is 2.47. The molecular weight excluding hydrogens is 274 g/mol. The fraction of sp³-hybridized carbons (Fsp3) is 0.643. The van der Waals surface area contributed by atoms with Crippen LogP contribution in [0.3, 0.4) is 0 Å². The van der Waals surface area contributed by atoms with Gasteiger partial charge in [-0.15, -0.1) is 0 Å². The van der Waals surface area contributed by atoms with E-state index in [4.69, 9.17) is 9.47 Å². The number of carbonyl (C=O) groups excluding carboxylic acids is 1. The standard InChI is InChI=1S/C14H21N3O4/c1-10(2)21-13-8-15-7-12(16-13)17-4-5-20-11(9-17)6-14(18)19-3/h7-8,10-11H,4-6,9H2,1-3H3. The Hall–Kier alpha value is -1.89. The third kappa shape index (κ3) is 4.56. The number of methoxy groups -OCH3 is 1. The Morgan fingerprint density at radius 3 is 3.05 bits per heavy atom. The SMILES string of the molecule is COC(=O)CC1CN(c2cncc(OC(C)C)n2)CCO1. The van der Waals surface area contributed by atoms with E-state index in [1.54, 1.807) is 12.4 Å². The van der Waals surface area contributed by atoms with Crippen molar-refractivity contribution < 1.29 is 19.0 Å². The van der Waals surface area contributed by atoms with Crippen LogP contribution in [0, 0.1) is 0 Å². The van der Waals surface area contributed by atoms with Gasteiger partial charge in [0.1, 0.15) is 0 Å². The molecule has 1 unspecified atom stereocenters. The van der Waals surface area contributed by atoms with E-state index in [9.17, 15) is 4.79 Å². The number of esters is 1. The summed E-state index contributed by atoms with van der Waals surface area (Å²) in [6.07, 6.45) is 3.38. The fourth-order valence-corrected chi connectivity index (χ4v) is 2.11. The molecule has 1 aromatic rings.